The fourth-order valence-corrected chi connectivity index (χ4v) is 2.72. The molecule has 7 nitrogen and oxygen atoms in total. The average Bonchev–Trinajstić information content (AvgIpc) is 2.92. The minimum absolute atomic E-state index is 0.0233. The summed E-state index contributed by atoms with van der Waals surface area (Å²) in [5, 5.41) is 11.2. The van der Waals surface area contributed by atoms with E-state index in [2.05, 4.69) is 0 Å². The number of ether oxygens (including phenoxy) is 4. The van der Waals surface area contributed by atoms with Crippen LogP contribution in [0, 0.1) is 16.0 Å². The summed E-state index contributed by atoms with van der Waals surface area (Å²) in [6, 6.07) is 6.53. The lowest BCUT2D eigenvalue weighted by atomic mass is 9.93. The number of hydrogen-bond donors (Lipinski definition) is 0. The zero-order valence-corrected chi connectivity index (χ0v) is 12.2. The van der Waals surface area contributed by atoms with E-state index in [4.69, 9.17) is 18.9 Å². The van der Waals surface area contributed by atoms with Crippen LogP contribution in [0.4, 0.5) is 5.69 Å². The number of nitrogens with zero attached hydrogens (tertiary/aromatic N) is 1. The molecule has 0 unspecified atom stereocenters. The summed E-state index contributed by atoms with van der Waals surface area (Å²) in [7, 11) is 4.60. The third-order valence-electron chi connectivity index (χ3n) is 3.67. The van der Waals surface area contributed by atoms with Crippen LogP contribution in [0.15, 0.2) is 24.3 Å². The van der Waals surface area contributed by atoms with Crippen molar-refractivity contribution < 1.29 is 23.9 Å². The average molecular weight is 297 g/mol. The number of rotatable bonds is 6. The predicted octanol–water partition coefficient (Wildman–Crippen LogP) is 2.26. The molecule has 0 saturated carbocycles. The molecule has 2 rings (SSSR count). The highest BCUT2D eigenvalue weighted by molar-refractivity contribution is 5.42. The van der Waals surface area contributed by atoms with Gasteiger partial charge in [0.25, 0.3) is 5.69 Å². The Balaban J connectivity index is 2.37. The number of benzene rings is 1. The fourth-order valence-electron chi connectivity index (χ4n) is 2.72. The summed E-state index contributed by atoms with van der Waals surface area (Å²) in [5.41, 5.74) is 0.529. The second-order valence-electron chi connectivity index (χ2n) is 4.78. The topological polar surface area (TPSA) is 80.1 Å². The quantitative estimate of drug-likeness (QED) is 0.455. The standard InChI is InChI=1S/C14H19NO6/c1-18-12-8-10(14(19-2)20-3)13(21-12)9-6-4-5-7-11(9)15(16)17/h4-7,10,12-14H,8H2,1-3H3/t10-,12+,13-/m0/s1. The Morgan fingerprint density at radius 2 is 1.95 bits per heavy atom. The Morgan fingerprint density at radius 1 is 1.29 bits per heavy atom. The zero-order chi connectivity index (χ0) is 15.4. The molecule has 1 saturated heterocycles. The van der Waals surface area contributed by atoms with Gasteiger partial charge in [-0.3, -0.25) is 10.1 Å². The summed E-state index contributed by atoms with van der Waals surface area (Å²) >= 11 is 0. The Bertz CT molecular complexity index is 490. The summed E-state index contributed by atoms with van der Waals surface area (Å²) < 4.78 is 21.6. The molecule has 1 aliphatic heterocycles. The van der Waals surface area contributed by atoms with E-state index < -0.39 is 23.6 Å². The van der Waals surface area contributed by atoms with E-state index >= 15 is 0 Å². The Labute approximate surface area is 122 Å². The summed E-state index contributed by atoms with van der Waals surface area (Å²) in [4.78, 5) is 10.8. The van der Waals surface area contributed by atoms with E-state index in [-0.39, 0.29) is 11.6 Å². The lowest BCUT2D eigenvalue weighted by Crippen LogP contribution is -2.27. The summed E-state index contributed by atoms with van der Waals surface area (Å²) in [6.45, 7) is 0. The normalized spacial score (nSPS) is 25.4. The molecule has 0 aliphatic carbocycles. The van der Waals surface area contributed by atoms with Crippen molar-refractivity contribution in [3.8, 4) is 0 Å². The second kappa shape index (κ2) is 6.95. The maximum absolute atomic E-state index is 11.2. The van der Waals surface area contributed by atoms with Crippen molar-refractivity contribution in [3.63, 3.8) is 0 Å². The predicted molar refractivity (Wildman–Crippen MR) is 73.6 cm³/mol. The first-order valence-corrected chi connectivity index (χ1v) is 6.59. The van der Waals surface area contributed by atoms with Crippen LogP contribution in [0.3, 0.4) is 0 Å². The molecule has 0 N–H and O–H groups in total. The van der Waals surface area contributed by atoms with Crippen LogP contribution in [0.25, 0.3) is 0 Å². The highest BCUT2D eigenvalue weighted by Gasteiger charge is 2.43. The Hall–Kier alpha value is -1.54. The van der Waals surface area contributed by atoms with Gasteiger partial charge in [-0.1, -0.05) is 12.1 Å². The molecular weight excluding hydrogens is 278 g/mol. The first kappa shape index (κ1) is 15.8. The first-order chi connectivity index (χ1) is 10.1. The molecule has 7 heteroatoms. The van der Waals surface area contributed by atoms with E-state index in [9.17, 15) is 10.1 Å². The Morgan fingerprint density at radius 3 is 2.52 bits per heavy atom. The number of nitro benzene ring substituents is 1. The van der Waals surface area contributed by atoms with Crippen molar-refractivity contribution in [2.24, 2.45) is 5.92 Å². The van der Waals surface area contributed by atoms with E-state index in [0.29, 0.717) is 12.0 Å². The van der Waals surface area contributed by atoms with Gasteiger partial charge in [-0.2, -0.15) is 0 Å². The molecule has 0 spiro atoms. The minimum atomic E-state index is -0.519. The van der Waals surface area contributed by atoms with Gasteiger partial charge >= 0.3 is 0 Å². The molecule has 21 heavy (non-hydrogen) atoms. The molecule has 0 bridgehead atoms. The fraction of sp³-hybridized carbons (Fsp3) is 0.571. The third-order valence-corrected chi connectivity index (χ3v) is 3.67. The highest BCUT2D eigenvalue weighted by atomic mass is 16.7. The van der Waals surface area contributed by atoms with Gasteiger partial charge < -0.3 is 18.9 Å². The zero-order valence-electron chi connectivity index (χ0n) is 12.2. The van der Waals surface area contributed by atoms with Crippen molar-refractivity contribution >= 4 is 5.69 Å². The third kappa shape index (κ3) is 3.21. The van der Waals surface area contributed by atoms with Crippen molar-refractivity contribution in [2.75, 3.05) is 21.3 Å². The molecule has 116 valence electrons. The molecular formula is C14H19NO6. The largest absolute Gasteiger partial charge is 0.356 e. The molecule has 1 fully saturated rings. The summed E-state index contributed by atoms with van der Waals surface area (Å²) in [6.07, 6.45) is -0.927. The lowest BCUT2D eigenvalue weighted by molar-refractivity contribution is -0.386. The molecule has 1 aliphatic rings. The van der Waals surface area contributed by atoms with Crippen LogP contribution < -0.4 is 0 Å². The van der Waals surface area contributed by atoms with Crippen molar-refractivity contribution in [1.29, 1.82) is 0 Å². The van der Waals surface area contributed by atoms with Gasteiger partial charge in [-0.15, -0.1) is 0 Å². The molecule has 1 aromatic rings. The molecule has 0 aromatic heterocycles. The van der Waals surface area contributed by atoms with Gasteiger partial charge in [0.2, 0.25) is 0 Å². The van der Waals surface area contributed by atoms with E-state index in [1.165, 1.54) is 27.4 Å². The molecule has 0 amide bonds. The van der Waals surface area contributed by atoms with Gasteiger partial charge in [0.15, 0.2) is 12.6 Å². The maximum Gasteiger partial charge on any atom is 0.275 e. The monoisotopic (exact) mass is 297 g/mol. The molecule has 1 aromatic carbocycles. The van der Waals surface area contributed by atoms with E-state index in [1.807, 2.05) is 0 Å². The van der Waals surface area contributed by atoms with Crippen molar-refractivity contribution in [1.82, 2.24) is 0 Å². The first-order valence-electron chi connectivity index (χ1n) is 6.59. The smallest absolute Gasteiger partial charge is 0.275 e. The van der Waals surface area contributed by atoms with Crippen molar-refractivity contribution in [2.45, 2.75) is 25.1 Å². The number of hydrogen-bond acceptors (Lipinski definition) is 6. The van der Waals surface area contributed by atoms with Gasteiger partial charge in [0.1, 0.15) is 6.10 Å². The van der Waals surface area contributed by atoms with Gasteiger partial charge in [0, 0.05) is 39.7 Å². The van der Waals surface area contributed by atoms with Gasteiger partial charge in [-0.25, -0.2) is 0 Å². The summed E-state index contributed by atoms with van der Waals surface area (Å²) in [5.74, 6) is -0.189. The van der Waals surface area contributed by atoms with E-state index in [0.717, 1.165) is 0 Å². The Kier molecular flexibility index (Phi) is 5.24. The van der Waals surface area contributed by atoms with E-state index in [1.54, 1.807) is 18.2 Å². The minimum Gasteiger partial charge on any atom is -0.356 e. The van der Waals surface area contributed by atoms with Gasteiger partial charge in [0.05, 0.1) is 10.5 Å². The SMILES string of the molecule is COC(OC)[C@H]1C[C@H](OC)O[C@H]1c1ccccc1[N+](=O)[O-]. The highest BCUT2D eigenvalue weighted by Crippen LogP contribution is 2.44. The van der Waals surface area contributed by atoms with Crippen molar-refractivity contribution in [3.05, 3.63) is 39.9 Å². The van der Waals surface area contributed by atoms with Crippen LogP contribution in [0.5, 0.6) is 0 Å². The maximum atomic E-state index is 11.2. The lowest BCUT2D eigenvalue weighted by Gasteiger charge is -2.24. The number of nitro groups is 1. The number of para-hydroxylation sites is 1. The van der Waals surface area contributed by atoms with Gasteiger partial charge in [-0.05, 0) is 6.07 Å². The molecule has 3 atom stereocenters. The van der Waals surface area contributed by atoms with Crippen LogP contribution in [-0.4, -0.2) is 38.8 Å². The second-order valence-corrected chi connectivity index (χ2v) is 4.78. The number of methoxy groups -OCH3 is 3. The van der Waals surface area contributed by atoms with Crippen LogP contribution in [0.2, 0.25) is 0 Å². The molecule has 0 radical (unpaired) electrons. The van der Waals surface area contributed by atoms with Crippen LogP contribution in [0.1, 0.15) is 18.1 Å². The van der Waals surface area contributed by atoms with Crippen LogP contribution >= 0.6 is 0 Å². The van der Waals surface area contributed by atoms with Crippen LogP contribution in [-0.2, 0) is 18.9 Å². The molecule has 1 heterocycles.